The highest BCUT2D eigenvalue weighted by molar-refractivity contribution is 6.30. The Balaban J connectivity index is 1.67. The highest BCUT2D eigenvalue weighted by atomic mass is 35.5. The first-order chi connectivity index (χ1) is 12.7. The number of halogens is 2. The molecule has 27 heavy (non-hydrogen) atoms. The minimum Gasteiger partial charge on any atom is -0.372 e. The molecule has 6 nitrogen and oxygen atoms in total. The number of aromatic nitrogens is 1. The van der Waals surface area contributed by atoms with Crippen LogP contribution in [0.5, 0.6) is 0 Å². The van der Waals surface area contributed by atoms with E-state index in [0.717, 1.165) is 5.69 Å². The van der Waals surface area contributed by atoms with E-state index in [4.69, 9.17) is 11.6 Å². The van der Waals surface area contributed by atoms with Crippen molar-refractivity contribution in [1.82, 2.24) is 10.3 Å². The summed E-state index contributed by atoms with van der Waals surface area (Å²) in [5.74, 6) is -2.48. The lowest BCUT2D eigenvalue weighted by Crippen LogP contribution is -2.53. The number of nitrogens with one attached hydrogen (secondary N) is 1. The fourth-order valence-electron chi connectivity index (χ4n) is 3.24. The van der Waals surface area contributed by atoms with E-state index in [0.29, 0.717) is 10.7 Å². The van der Waals surface area contributed by atoms with E-state index in [2.05, 4.69) is 10.3 Å². The Hall–Kier alpha value is -2.25. The number of carbonyl (C=O) groups is 2. The van der Waals surface area contributed by atoms with Gasteiger partial charge in [-0.1, -0.05) is 18.5 Å². The van der Waals surface area contributed by atoms with Crippen molar-refractivity contribution >= 4 is 29.1 Å². The molecule has 0 bridgehead atoms. The molecule has 2 heterocycles. The Bertz CT molecular complexity index is 824. The van der Waals surface area contributed by atoms with E-state index >= 15 is 0 Å². The third-order valence-corrected chi connectivity index (χ3v) is 5.56. The van der Waals surface area contributed by atoms with Crippen molar-refractivity contribution in [1.29, 1.82) is 0 Å². The van der Waals surface area contributed by atoms with Crippen LogP contribution in [0.25, 0.3) is 0 Å². The number of aryl methyl sites for hydroxylation is 1. The topological polar surface area (TPSA) is 82.5 Å². The van der Waals surface area contributed by atoms with Crippen LogP contribution in [-0.4, -0.2) is 40.6 Å². The highest BCUT2D eigenvalue weighted by Crippen LogP contribution is 2.32. The van der Waals surface area contributed by atoms with Gasteiger partial charge in [-0.05, 0) is 37.1 Å². The number of pyridine rings is 1. The summed E-state index contributed by atoms with van der Waals surface area (Å²) >= 11 is 6.00. The smallest absolute Gasteiger partial charge is 0.268 e. The zero-order chi connectivity index (χ0) is 19.8. The Morgan fingerprint density at radius 2 is 2.26 bits per heavy atom. The molecule has 8 heteroatoms. The molecule has 144 valence electrons. The predicted octanol–water partition coefficient (Wildman–Crippen LogP) is 2.22. The molecule has 0 radical (unpaired) electrons. The summed E-state index contributed by atoms with van der Waals surface area (Å²) in [5.41, 5.74) is -0.824. The Morgan fingerprint density at radius 3 is 2.93 bits per heavy atom. The first-order valence-corrected chi connectivity index (χ1v) is 9.10. The lowest BCUT2D eigenvalue weighted by atomic mass is 9.89. The maximum Gasteiger partial charge on any atom is 0.268 e. The van der Waals surface area contributed by atoms with Crippen LogP contribution in [0.3, 0.4) is 0 Å². The molecule has 2 aliphatic rings. The van der Waals surface area contributed by atoms with Gasteiger partial charge in [-0.3, -0.25) is 14.6 Å². The number of nitrogens with zero attached hydrogens (tertiary/aromatic N) is 2. The second-order valence-electron chi connectivity index (χ2n) is 6.97. The van der Waals surface area contributed by atoms with Gasteiger partial charge >= 0.3 is 0 Å². The largest absolute Gasteiger partial charge is 0.372 e. The first kappa shape index (κ1) is 19.5. The third-order valence-electron chi connectivity index (χ3n) is 5.10. The summed E-state index contributed by atoms with van der Waals surface area (Å²) < 4.78 is 13.6. The normalized spacial score (nSPS) is 28.0. The van der Waals surface area contributed by atoms with Crippen molar-refractivity contribution in [2.45, 2.75) is 25.9 Å². The van der Waals surface area contributed by atoms with Gasteiger partial charge in [0.2, 0.25) is 5.60 Å². The van der Waals surface area contributed by atoms with Crippen LogP contribution in [0.4, 0.5) is 10.1 Å². The lowest BCUT2D eigenvalue weighted by Gasteiger charge is -2.26. The molecular weight excluding hydrogens is 373 g/mol. The Morgan fingerprint density at radius 1 is 1.52 bits per heavy atom. The van der Waals surface area contributed by atoms with Crippen molar-refractivity contribution in [3.05, 3.63) is 47.0 Å². The number of carbonyl (C=O) groups excluding carboxylic acids is 2. The predicted molar refractivity (Wildman–Crippen MR) is 99.7 cm³/mol. The van der Waals surface area contributed by atoms with Gasteiger partial charge in [-0.15, -0.1) is 0 Å². The van der Waals surface area contributed by atoms with Gasteiger partial charge in [0, 0.05) is 36.2 Å². The van der Waals surface area contributed by atoms with Crippen molar-refractivity contribution < 1.29 is 19.1 Å². The minimum absolute atomic E-state index is 0.0311. The van der Waals surface area contributed by atoms with Gasteiger partial charge in [-0.2, -0.15) is 0 Å². The van der Waals surface area contributed by atoms with E-state index < -0.39 is 23.2 Å². The molecule has 1 aliphatic heterocycles. The standard InChI is InChI=1S/C19H21ClFN3O3/c1-11-3-4-15(10-22-11)24-6-5-19(27,18(24)26)17(25)23-9-13-7-14(21)8-16(20)12(13)2/h3-4,7-8,10,12-13,27H,5-6,9H2,1-2H3,(H,23,25). The van der Waals surface area contributed by atoms with Gasteiger partial charge in [0.25, 0.3) is 11.8 Å². The Labute approximate surface area is 161 Å². The average molecular weight is 394 g/mol. The number of aliphatic hydroxyl groups is 1. The SMILES string of the molecule is Cc1ccc(N2CCC(O)(C(=O)NCC3C=C(F)C=C(Cl)C3C)C2=O)cn1. The van der Waals surface area contributed by atoms with Crippen molar-refractivity contribution in [3.63, 3.8) is 0 Å². The molecule has 0 spiro atoms. The summed E-state index contributed by atoms with van der Waals surface area (Å²) in [6.45, 7) is 3.92. The molecule has 1 aromatic rings. The van der Waals surface area contributed by atoms with Crippen LogP contribution in [0.2, 0.25) is 0 Å². The number of allylic oxidation sites excluding steroid dienone is 3. The van der Waals surface area contributed by atoms with Crippen molar-refractivity contribution in [2.24, 2.45) is 11.8 Å². The molecule has 1 aliphatic carbocycles. The van der Waals surface area contributed by atoms with Gasteiger partial charge in [0.1, 0.15) is 5.83 Å². The van der Waals surface area contributed by atoms with E-state index in [-0.39, 0.29) is 31.3 Å². The number of rotatable bonds is 4. The molecule has 1 fully saturated rings. The molecular formula is C19H21ClFN3O3. The molecule has 0 saturated carbocycles. The van der Waals surface area contributed by atoms with E-state index in [1.54, 1.807) is 12.1 Å². The zero-order valence-corrected chi connectivity index (χ0v) is 15.8. The lowest BCUT2D eigenvalue weighted by molar-refractivity contribution is -0.149. The molecule has 2 amide bonds. The van der Waals surface area contributed by atoms with Crippen LogP contribution in [-0.2, 0) is 9.59 Å². The van der Waals surface area contributed by atoms with Crippen molar-refractivity contribution in [2.75, 3.05) is 18.0 Å². The number of hydrogen-bond acceptors (Lipinski definition) is 4. The van der Waals surface area contributed by atoms with E-state index in [1.165, 1.54) is 23.2 Å². The minimum atomic E-state index is -2.15. The quantitative estimate of drug-likeness (QED) is 0.768. The fraction of sp³-hybridized carbons (Fsp3) is 0.421. The van der Waals surface area contributed by atoms with Crippen molar-refractivity contribution in [3.8, 4) is 0 Å². The van der Waals surface area contributed by atoms with Gasteiger partial charge in [-0.25, -0.2) is 4.39 Å². The Kier molecular flexibility index (Phi) is 5.35. The summed E-state index contributed by atoms with van der Waals surface area (Å²) in [6.07, 6.45) is 4.12. The fourth-order valence-corrected chi connectivity index (χ4v) is 3.51. The summed E-state index contributed by atoms with van der Waals surface area (Å²) in [5, 5.41) is 13.6. The van der Waals surface area contributed by atoms with Crippen LogP contribution in [0.1, 0.15) is 19.0 Å². The molecule has 3 unspecified atom stereocenters. The molecule has 1 saturated heterocycles. The number of anilines is 1. The van der Waals surface area contributed by atoms with Gasteiger partial charge < -0.3 is 15.3 Å². The van der Waals surface area contributed by atoms with Gasteiger partial charge in [0.15, 0.2) is 0 Å². The monoisotopic (exact) mass is 393 g/mol. The number of amides is 2. The maximum absolute atomic E-state index is 13.6. The molecule has 3 rings (SSSR count). The second kappa shape index (κ2) is 7.40. The summed E-state index contributed by atoms with van der Waals surface area (Å²) in [4.78, 5) is 30.7. The summed E-state index contributed by atoms with van der Waals surface area (Å²) in [7, 11) is 0. The number of hydrogen-bond donors (Lipinski definition) is 2. The van der Waals surface area contributed by atoms with Crippen LogP contribution in [0, 0.1) is 18.8 Å². The highest BCUT2D eigenvalue weighted by Gasteiger charge is 2.51. The van der Waals surface area contributed by atoms with Crippen LogP contribution in [0.15, 0.2) is 41.3 Å². The molecule has 3 atom stereocenters. The molecule has 2 N–H and O–H groups in total. The molecule has 0 aromatic carbocycles. The zero-order valence-electron chi connectivity index (χ0n) is 15.1. The third kappa shape index (κ3) is 3.75. The second-order valence-corrected chi connectivity index (χ2v) is 7.40. The average Bonchev–Trinajstić information content (AvgIpc) is 2.94. The molecule has 1 aromatic heterocycles. The maximum atomic E-state index is 13.6. The van der Waals surface area contributed by atoms with Gasteiger partial charge in [0.05, 0.1) is 11.9 Å². The van der Waals surface area contributed by atoms with Crippen LogP contribution < -0.4 is 10.2 Å². The van der Waals surface area contributed by atoms with Crippen LogP contribution >= 0.6 is 11.6 Å². The van der Waals surface area contributed by atoms with E-state index in [9.17, 15) is 19.1 Å². The first-order valence-electron chi connectivity index (χ1n) is 8.72. The summed E-state index contributed by atoms with van der Waals surface area (Å²) in [6, 6.07) is 3.47. The van der Waals surface area contributed by atoms with E-state index in [1.807, 2.05) is 13.8 Å².